The molecule has 90 valence electrons. The van der Waals surface area contributed by atoms with Crippen LogP contribution in [0.3, 0.4) is 0 Å². The zero-order chi connectivity index (χ0) is 10.6. The number of nitrogens with zero attached hydrogens (tertiary/aromatic N) is 1. The molecule has 1 saturated heterocycles. The Morgan fingerprint density at radius 2 is 2.20 bits per heavy atom. The van der Waals surface area contributed by atoms with E-state index in [1.807, 2.05) is 0 Å². The third-order valence-corrected chi connectivity index (χ3v) is 4.43. The molecule has 1 rings (SSSR count). The van der Waals surface area contributed by atoms with Crippen LogP contribution in [0.5, 0.6) is 0 Å². The Hall–Kier alpha value is -0.100. The molecule has 1 fully saturated rings. The van der Waals surface area contributed by atoms with Gasteiger partial charge in [-0.3, -0.25) is 0 Å². The first-order valence-corrected chi connectivity index (χ1v) is 6.50. The second-order valence-electron chi connectivity index (χ2n) is 3.64. The van der Waals surface area contributed by atoms with Gasteiger partial charge in [-0.2, -0.15) is 0 Å². The van der Waals surface area contributed by atoms with Crippen molar-refractivity contribution >= 4 is 22.4 Å². The van der Waals surface area contributed by atoms with Crippen LogP contribution in [0.4, 0.5) is 0 Å². The van der Waals surface area contributed by atoms with Gasteiger partial charge in [-0.05, 0) is 25.3 Å². The number of hydrogen-bond donors (Lipinski definition) is 1. The summed E-state index contributed by atoms with van der Waals surface area (Å²) in [6.07, 6.45) is 3.05. The smallest absolute Gasteiger partial charge is 0.214 e. The minimum Gasteiger partial charge on any atom is -0.330 e. The normalized spacial score (nSPS) is 22.3. The van der Waals surface area contributed by atoms with Crippen LogP contribution in [0.25, 0.3) is 0 Å². The van der Waals surface area contributed by atoms with Crippen molar-refractivity contribution in [2.24, 2.45) is 11.7 Å². The summed E-state index contributed by atoms with van der Waals surface area (Å²) in [6.45, 7) is 5.31. The fourth-order valence-electron chi connectivity index (χ4n) is 1.60. The minimum atomic E-state index is -3.06. The van der Waals surface area contributed by atoms with E-state index >= 15 is 0 Å². The van der Waals surface area contributed by atoms with Crippen LogP contribution in [0.1, 0.15) is 12.8 Å². The summed E-state index contributed by atoms with van der Waals surface area (Å²) in [6, 6.07) is 0. The maximum Gasteiger partial charge on any atom is 0.214 e. The van der Waals surface area contributed by atoms with Gasteiger partial charge in [0.2, 0.25) is 10.0 Å². The quantitative estimate of drug-likeness (QED) is 0.731. The average molecular weight is 255 g/mol. The van der Waals surface area contributed by atoms with E-state index in [0.717, 1.165) is 6.42 Å². The van der Waals surface area contributed by atoms with E-state index in [1.165, 1.54) is 0 Å². The molecule has 0 aromatic carbocycles. The van der Waals surface area contributed by atoms with Crippen molar-refractivity contribution in [2.75, 3.05) is 25.4 Å². The number of halogens is 1. The van der Waals surface area contributed by atoms with Gasteiger partial charge in [0.15, 0.2) is 0 Å². The van der Waals surface area contributed by atoms with Gasteiger partial charge < -0.3 is 5.73 Å². The van der Waals surface area contributed by atoms with Gasteiger partial charge >= 0.3 is 0 Å². The second-order valence-corrected chi connectivity index (χ2v) is 5.73. The van der Waals surface area contributed by atoms with E-state index < -0.39 is 10.0 Å². The van der Waals surface area contributed by atoms with Gasteiger partial charge in [0.05, 0.1) is 5.75 Å². The molecule has 0 aromatic heterocycles. The highest BCUT2D eigenvalue weighted by Crippen LogP contribution is 2.18. The van der Waals surface area contributed by atoms with Gasteiger partial charge in [0, 0.05) is 13.1 Å². The van der Waals surface area contributed by atoms with Gasteiger partial charge in [0.1, 0.15) is 0 Å². The highest BCUT2D eigenvalue weighted by atomic mass is 35.5. The lowest BCUT2D eigenvalue weighted by molar-refractivity contribution is 0.459. The van der Waals surface area contributed by atoms with Gasteiger partial charge in [-0.25, -0.2) is 12.7 Å². The molecule has 1 heterocycles. The molecule has 1 aliphatic rings. The van der Waals surface area contributed by atoms with Crippen molar-refractivity contribution < 1.29 is 8.42 Å². The molecule has 0 amide bonds. The van der Waals surface area contributed by atoms with Gasteiger partial charge in [-0.1, -0.05) is 6.08 Å². The highest BCUT2D eigenvalue weighted by Gasteiger charge is 2.29. The molecule has 0 aliphatic carbocycles. The maximum absolute atomic E-state index is 11.7. The molecule has 0 radical (unpaired) electrons. The summed E-state index contributed by atoms with van der Waals surface area (Å²) < 4.78 is 24.9. The Kier molecular flexibility index (Phi) is 6.43. The fraction of sp³-hybridized carbons (Fsp3) is 0.778. The summed E-state index contributed by atoms with van der Waals surface area (Å²) in [5.41, 5.74) is 5.50. The van der Waals surface area contributed by atoms with Crippen LogP contribution in [-0.4, -0.2) is 38.1 Å². The van der Waals surface area contributed by atoms with E-state index in [2.05, 4.69) is 6.58 Å². The average Bonchev–Trinajstić information content (AvgIpc) is 2.63. The Balaban J connectivity index is 0.00000196. The molecule has 0 saturated carbocycles. The van der Waals surface area contributed by atoms with Gasteiger partial charge in [0.25, 0.3) is 0 Å². The van der Waals surface area contributed by atoms with Crippen LogP contribution < -0.4 is 5.73 Å². The molecule has 0 spiro atoms. The van der Waals surface area contributed by atoms with Crippen molar-refractivity contribution in [3.8, 4) is 0 Å². The zero-order valence-corrected chi connectivity index (χ0v) is 10.4. The summed E-state index contributed by atoms with van der Waals surface area (Å²) in [5.74, 6) is 0.516. The molecule has 2 N–H and O–H groups in total. The topological polar surface area (TPSA) is 63.4 Å². The van der Waals surface area contributed by atoms with Crippen LogP contribution in [0, 0.1) is 5.92 Å². The van der Waals surface area contributed by atoms with E-state index in [1.54, 1.807) is 10.4 Å². The van der Waals surface area contributed by atoms with Gasteiger partial charge in [-0.15, -0.1) is 19.0 Å². The SMILES string of the molecule is C=CCCS(=O)(=O)N1CCC(CN)C1.Cl. The Morgan fingerprint density at radius 1 is 1.53 bits per heavy atom. The van der Waals surface area contributed by atoms with Crippen LogP contribution in [0.2, 0.25) is 0 Å². The lowest BCUT2D eigenvalue weighted by atomic mass is 10.1. The molecule has 15 heavy (non-hydrogen) atoms. The van der Waals surface area contributed by atoms with Crippen molar-refractivity contribution in [3.63, 3.8) is 0 Å². The number of allylic oxidation sites excluding steroid dienone is 1. The van der Waals surface area contributed by atoms with Crippen molar-refractivity contribution in [2.45, 2.75) is 12.8 Å². The van der Waals surface area contributed by atoms with Crippen LogP contribution >= 0.6 is 12.4 Å². The van der Waals surface area contributed by atoms with E-state index in [4.69, 9.17) is 5.73 Å². The number of rotatable bonds is 5. The number of hydrogen-bond acceptors (Lipinski definition) is 3. The van der Waals surface area contributed by atoms with Crippen molar-refractivity contribution in [1.82, 2.24) is 4.31 Å². The Morgan fingerprint density at radius 3 is 2.67 bits per heavy atom. The highest BCUT2D eigenvalue weighted by molar-refractivity contribution is 7.89. The van der Waals surface area contributed by atoms with Crippen LogP contribution in [0.15, 0.2) is 12.7 Å². The Bertz CT molecular complexity index is 292. The molecule has 1 aliphatic heterocycles. The monoisotopic (exact) mass is 254 g/mol. The predicted octanol–water partition coefficient (Wildman–Crippen LogP) is 0.595. The Labute approximate surface area is 98.0 Å². The molecule has 6 heteroatoms. The van der Waals surface area contributed by atoms with E-state index in [9.17, 15) is 8.42 Å². The summed E-state index contributed by atoms with van der Waals surface area (Å²) in [5, 5.41) is 0. The molecule has 0 bridgehead atoms. The fourth-order valence-corrected chi connectivity index (χ4v) is 3.15. The molecule has 0 aromatic rings. The maximum atomic E-state index is 11.7. The standard InChI is InChI=1S/C9H18N2O2S.ClH/c1-2-3-6-14(12,13)11-5-4-9(7-10)8-11;/h2,9H,1,3-8,10H2;1H. The first-order valence-electron chi connectivity index (χ1n) is 4.89. The summed E-state index contributed by atoms with van der Waals surface area (Å²) in [7, 11) is -3.06. The van der Waals surface area contributed by atoms with Crippen LogP contribution in [-0.2, 0) is 10.0 Å². The number of nitrogens with two attached hydrogens (primary N) is 1. The molecular formula is C9H19ClN2O2S. The molecule has 1 atom stereocenters. The minimum absolute atomic E-state index is 0. The lowest BCUT2D eigenvalue weighted by Crippen LogP contribution is -2.31. The third-order valence-electron chi connectivity index (χ3n) is 2.56. The summed E-state index contributed by atoms with van der Waals surface area (Å²) in [4.78, 5) is 0. The summed E-state index contributed by atoms with van der Waals surface area (Å²) >= 11 is 0. The molecule has 4 nitrogen and oxygen atoms in total. The number of sulfonamides is 1. The first kappa shape index (κ1) is 14.9. The predicted molar refractivity (Wildman–Crippen MR) is 64.6 cm³/mol. The zero-order valence-electron chi connectivity index (χ0n) is 8.76. The van der Waals surface area contributed by atoms with E-state index in [0.29, 0.717) is 32.0 Å². The van der Waals surface area contributed by atoms with Crippen molar-refractivity contribution in [1.29, 1.82) is 0 Å². The largest absolute Gasteiger partial charge is 0.330 e. The van der Waals surface area contributed by atoms with Crippen molar-refractivity contribution in [3.05, 3.63) is 12.7 Å². The molecule has 1 unspecified atom stereocenters. The molecular weight excluding hydrogens is 236 g/mol. The third kappa shape index (κ3) is 4.10. The lowest BCUT2D eigenvalue weighted by Gasteiger charge is -2.15. The van der Waals surface area contributed by atoms with E-state index in [-0.39, 0.29) is 18.2 Å². The first-order chi connectivity index (χ1) is 6.60. The second kappa shape index (κ2) is 6.48.